The van der Waals surface area contributed by atoms with Crippen LogP contribution in [0.4, 0.5) is 5.69 Å². The second kappa shape index (κ2) is 5.53. The summed E-state index contributed by atoms with van der Waals surface area (Å²) in [5, 5.41) is 3.56. The van der Waals surface area contributed by atoms with E-state index in [0.29, 0.717) is 16.9 Å². The van der Waals surface area contributed by atoms with E-state index in [0.717, 1.165) is 11.3 Å². The Labute approximate surface area is 116 Å². The largest absolute Gasteiger partial charge is 0.382 e. The van der Waals surface area contributed by atoms with E-state index in [9.17, 15) is 8.42 Å². The molecular weight excluding hydrogens is 258 g/mol. The van der Waals surface area contributed by atoms with Crippen molar-refractivity contribution in [1.29, 1.82) is 0 Å². The molecule has 0 spiro atoms. The zero-order valence-electron chi connectivity index (χ0n) is 11.9. The molecule has 0 aromatic heterocycles. The number of aryl methyl sites for hydroxylation is 1. The van der Waals surface area contributed by atoms with Gasteiger partial charge in [0, 0.05) is 18.0 Å². The van der Waals surface area contributed by atoms with Crippen LogP contribution < -0.4 is 5.32 Å². The average molecular weight is 281 g/mol. The Morgan fingerprint density at radius 1 is 1.32 bits per heavy atom. The number of rotatable bonds is 4. The summed E-state index contributed by atoms with van der Waals surface area (Å²) in [7, 11) is -3.13. The van der Waals surface area contributed by atoms with E-state index >= 15 is 0 Å². The molecule has 0 bridgehead atoms. The lowest BCUT2D eigenvalue weighted by Crippen LogP contribution is -2.24. The highest BCUT2D eigenvalue weighted by atomic mass is 32.2. The van der Waals surface area contributed by atoms with Crippen LogP contribution in [0.1, 0.15) is 38.2 Å². The van der Waals surface area contributed by atoms with Crippen molar-refractivity contribution in [3.63, 3.8) is 0 Å². The van der Waals surface area contributed by atoms with Gasteiger partial charge in [-0.25, -0.2) is 8.42 Å². The van der Waals surface area contributed by atoms with Crippen LogP contribution in [0.15, 0.2) is 23.1 Å². The van der Waals surface area contributed by atoms with Crippen LogP contribution in [-0.4, -0.2) is 20.7 Å². The summed E-state index contributed by atoms with van der Waals surface area (Å²) in [6.07, 6.45) is 6.16. The van der Waals surface area contributed by atoms with Crippen LogP contribution in [-0.2, 0) is 9.84 Å². The molecular formula is C15H23NO2S. The molecule has 1 aliphatic carbocycles. The highest BCUT2D eigenvalue weighted by Gasteiger charge is 2.26. The van der Waals surface area contributed by atoms with Gasteiger partial charge in [0.05, 0.1) is 4.90 Å². The Balaban J connectivity index is 2.24. The minimum Gasteiger partial charge on any atom is -0.382 e. The molecule has 0 aliphatic heterocycles. The summed E-state index contributed by atoms with van der Waals surface area (Å²) in [4.78, 5) is 0.395. The van der Waals surface area contributed by atoms with Crippen LogP contribution in [0.25, 0.3) is 0 Å². The summed E-state index contributed by atoms with van der Waals surface area (Å²) in [6, 6.07) is 5.82. The highest BCUT2D eigenvalue weighted by Crippen LogP contribution is 2.32. The molecule has 1 aromatic rings. The van der Waals surface area contributed by atoms with Crippen molar-refractivity contribution in [2.75, 3.05) is 11.6 Å². The lowest BCUT2D eigenvalue weighted by molar-refractivity contribution is 0.489. The van der Waals surface area contributed by atoms with Crippen LogP contribution in [0, 0.1) is 12.8 Å². The van der Waals surface area contributed by atoms with Crippen molar-refractivity contribution >= 4 is 15.5 Å². The zero-order valence-corrected chi connectivity index (χ0v) is 12.8. The van der Waals surface area contributed by atoms with Crippen LogP contribution in [0.2, 0.25) is 0 Å². The first-order valence-corrected chi connectivity index (χ1v) is 8.88. The van der Waals surface area contributed by atoms with Crippen LogP contribution in [0.3, 0.4) is 0 Å². The van der Waals surface area contributed by atoms with E-state index in [4.69, 9.17) is 0 Å². The van der Waals surface area contributed by atoms with E-state index in [1.165, 1.54) is 31.9 Å². The van der Waals surface area contributed by atoms with Gasteiger partial charge < -0.3 is 5.32 Å². The summed E-state index contributed by atoms with van der Waals surface area (Å²) in [5.74, 6) is 0.710. The van der Waals surface area contributed by atoms with Crippen LogP contribution >= 0.6 is 0 Å². The van der Waals surface area contributed by atoms with E-state index in [1.807, 2.05) is 13.0 Å². The Morgan fingerprint density at radius 2 is 2.05 bits per heavy atom. The average Bonchev–Trinajstić information content (AvgIpc) is 2.77. The molecule has 4 heteroatoms. The smallest absolute Gasteiger partial charge is 0.175 e. The van der Waals surface area contributed by atoms with Gasteiger partial charge in [0.1, 0.15) is 0 Å². The lowest BCUT2D eigenvalue weighted by Gasteiger charge is -2.22. The van der Waals surface area contributed by atoms with Crippen molar-refractivity contribution < 1.29 is 8.42 Å². The van der Waals surface area contributed by atoms with E-state index < -0.39 is 9.84 Å². The monoisotopic (exact) mass is 281 g/mol. The molecule has 1 aliphatic rings. The number of nitrogens with one attached hydrogen (secondary N) is 1. The molecule has 1 N–H and O–H groups in total. The van der Waals surface area contributed by atoms with Crippen molar-refractivity contribution in [2.45, 2.75) is 50.5 Å². The Morgan fingerprint density at radius 3 is 2.68 bits per heavy atom. The molecule has 2 atom stereocenters. The number of hydrogen-bond donors (Lipinski definition) is 1. The number of hydrogen-bond acceptors (Lipinski definition) is 3. The van der Waals surface area contributed by atoms with Crippen molar-refractivity contribution in [2.24, 2.45) is 5.92 Å². The third-order valence-corrected chi connectivity index (χ3v) is 5.27. The minimum atomic E-state index is -3.13. The normalized spacial score (nSPS) is 23.5. The maximum atomic E-state index is 11.6. The van der Waals surface area contributed by atoms with E-state index in [2.05, 4.69) is 12.2 Å². The van der Waals surface area contributed by atoms with Gasteiger partial charge in [-0.3, -0.25) is 0 Å². The summed E-state index contributed by atoms with van der Waals surface area (Å²) < 4.78 is 23.3. The van der Waals surface area contributed by atoms with Gasteiger partial charge in [-0.1, -0.05) is 25.8 Å². The molecule has 2 unspecified atom stereocenters. The molecule has 0 heterocycles. The number of sulfone groups is 1. The molecule has 0 radical (unpaired) electrons. The molecule has 1 saturated carbocycles. The topological polar surface area (TPSA) is 46.2 Å². The fourth-order valence-electron chi connectivity index (χ4n) is 2.90. The lowest BCUT2D eigenvalue weighted by atomic mass is 10.00. The summed E-state index contributed by atoms with van der Waals surface area (Å²) in [5.41, 5.74) is 2.07. The van der Waals surface area contributed by atoms with Crippen molar-refractivity contribution in [3.8, 4) is 0 Å². The van der Waals surface area contributed by atoms with Gasteiger partial charge in [0.25, 0.3) is 0 Å². The first-order valence-electron chi connectivity index (χ1n) is 6.99. The molecule has 1 fully saturated rings. The molecule has 0 amide bonds. The molecule has 1 aromatic carbocycles. The van der Waals surface area contributed by atoms with Crippen LogP contribution in [0.5, 0.6) is 0 Å². The van der Waals surface area contributed by atoms with Crippen molar-refractivity contribution in [3.05, 3.63) is 23.8 Å². The SMILES string of the molecule is CCC1CCCC1Nc1cc(S(C)(=O)=O)ccc1C. The second-order valence-electron chi connectivity index (χ2n) is 5.60. The second-order valence-corrected chi connectivity index (χ2v) is 7.61. The van der Waals surface area contributed by atoms with E-state index in [-0.39, 0.29) is 0 Å². The predicted molar refractivity (Wildman–Crippen MR) is 79.3 cm³/mol. The Kier molecular flexibility index (Phi) is 4.19. The fraction of sp³-hybridized carbons (Fsp3) is 0.600. The first kappa shape index (κ1) is 14.4. The Bertz CT molecular complexity index is 551. The fourth-order valence-corrected chi connectivity index (χ4v) is 3.55. The molecule has 0 saturated heterocycles. The summed E-state index contributed by atoms with van der Waals surface area (Å²) in [6.45, 7) is 4.24. The third kappa shape index (κ3) is 3.30. The van der Waals surface area contributed by atoms with Gasteiger partial charge in [0.15, 0.2) is 9.84 Å². The van der Waals surface area contributed by atoms with E-state index in [1.54, 1.807) is 12.1 Å². The standard InChI is InChI=1S/C15H23NO2S/c1-4-12-6-5-7-14(12)16-15-10-13(19(3,17)18)9-8-11(15)2/h8-10,12,14,16H,4-7H2,1-3H3. The first-order chi connectivity index (χ1) is 8.91. The summed E-state index contributed by atoms with van der Waals surface area (Å²) >= 11 is 0. The Hall–Kier alpha value is -1.03. The minimum absolute atomic E-state index is 0.395. The highest BCUT2D eigenvalue weighted by molar-refractivity contribution is 7.90. The molecule has 2 rings (SSSR count). The number of benzene rings is 1. The van der Waals surface area contributed by atoms with Gasteiger partial charge >= 0.3 is 0 Å². The van der Waals surface area contributed by atoms with Gasteiger partial charge in [-0.05, 0) is 43.4 Å². The van der Waals surface area contributed by atoms with Gasteiger partial charge in [-0.15, -0.1) is 0 Å². The van der Waals surface area contributed by atoms with Crippen molar-refractivity contribution in [1.82, 2.24) is 0 Å². The molecule has 19 heavy (non-hydrogen) atoms. The maximum Gasteiger partial charge on any atom is 0.175 e. The number of anilines is 1. The quantitative estimate of drug-likeness (QED) is 0.920. The molecule has 3 nitrogen and oxygen atoms in total. The zero-order chi connectivity index (χ0) is 14.0. The van der Waals surface area contributed by atoms with Gasteiger partial charge in [-0.2, -0.15) is 0 Å². The van der Waals surface area contributed by atoms with Gasteiger partial charge in [0.2, 0.25) is 0 Å². The third-order valence-electron chi connectivity index (χ3n) is 4.16. The maximum absolute atomic E-state index is 11.6. The molecule has 106 valence electrons. The predicted octanol–water partition coefficient (Wildman–Crippen LogP) is 3.39.